The van der Waals surface area contributed by atoms with Crippen LogP contribution in [0.3, 0.4) is 0 Å². The highest BCUT2D eigenvalue weighted by Crippen LogP contribution is 2.05. The van der Waals surface area contributed by atoms with Crippen LogP contribution in [0.5, 0.6) is 0 Å². The molecule has 0 saturated carbocycles. The van der Waals surface area contributed by atoms with E-state index in [9.17, 15) is 0 Å². The summed E-state index contributed by atoms with van der Waals surface area (Å²) in [5.74, 6) is 0. The fourth-order valence-electron chi connectivity index (χ4n) is 2.39. The number of hydrogen-bond donors (Lipinski definition) is 1. The highest BCUT2D eigenvalue weighted by atomic mass is 15.1. The van der Waals surface area contributed by atoms with E-state index in [0.717, 1.165) is 32.5 Å². The predicted octanol–water partition coefficient (Wildman–Crippen LogP) is 1.91. The molecule has 0 amide bonds. The topological polar surface area (TPSA) is 47.1 Å². The summed E-state index contributed by atoms with van der Waals surface area (Å²) >= 11 is 0. The Hall–Kier alpha value is -1.65. The second-order valence-corrected chi connectivity index (χ2v) is 5.19. The quantitative estimate of drug-likeness (QED) is 0.798. The minimum atomic E-state index is 0.680. The standard InChI is InChI=1S/C16H24N4/c1-19(13-15-6-3-2-4-7-15)10-5-11-20-14-18-12-16(20)8-9-17/h2-4,6-7,12,14H,5,8-11,13,17H2,1H3. The molecule has 0 aliphatic carbocycles. The average Bonchev–Trinajstić information content (AvgIpc) is 2.88. The van der Waals surface area contributed by atoms with Gasteiger partial charge in [0.15, 0.2) is 0 Å². The van der Waals surface area contributed by atoms with Gasteiger partial charge in [-0.3, -0.25) is 0 Å². The van der Waals surface area contributed by atoms with E-state index in [0.29, 0.717) is 6.54 Å². The summed E-state index contributed by atoms with van der Waals surface area (Å²) in [7, 11) is 2.17. The molecule has 0 saturated heterocycles. The fourth-order valence-corrected chi connectivity index (χ4v) is 2.39. The number of nitrogens with two attached hydrogens (primary N) is 1. The smallest absolute Gasteiger partial charge is 0.0948 e. The summed E-state index contributed by atoms with van der Waals surface area (Å²) in [5.41, 5.74) is 8.20. The summed E-state index contributed by atoms with van der Waals surface area (Å²) in [6.07, 6.45) is 5.85. The molecule has 1 aromatic carbocycles. The highest BCUT2D eigenvalue weighted by Gasteiger charge is 2.03. The Morgan fingerprint density at radius 2 is 2.05 bits per heavy atom. The Kier molecular flexibility index (Phi) is 5.77. The molecule has 2 aromatic rings. The first-order valence-electron chi connectivity index (χ1n) is 7.21. The van der Waals surface area contributed by atoms with Gasteiger partial charge in [0.1, 0.15) is 0 Å². The minimum Gasteiger partial charge on any atom is -0.335 e. The molecule has 1 heterocycles. The Morgan fingerprint density at radius 3 is 2.80 bits per heavy atom. The largest absolute Gasteiger partial charge is 0.335 e. The van der Waals surface area contributed by atoms with E-state index in [1.165, 1.54) is 11.3 Å². The van der Waals surface area contributed by atoms with Crippen molar-refractivity contribution in [2.45, 2.75) is 25.9 Å². The zero-order chi connectivity index (χ0) is 14.2. The second kappa shape index (κ2) is 7.82. The molecule has 4 heteroatoms. The third-order valence-corrected chi connectivity index (χ3v) is 3.43. The van der Waals surface area contributed by atoms with Crippen molar-refractivity contribution in [1.82, 2.24) is 14.5 Å². The van der Waals surface area contributed by atoms with Crippen LogP contribution in [0.25, 0.3) is 0 Å². The van der Waals surface area contributed by atoms with Crippen molar-refractivity contribution in [1.29, 1.82) is 0 Å². The first kappa shape index (κ1) is 14.8. The number of aryl methyl sites for hydroxylation is 1. The number of rotatable bonds is 8. The summed E-state index contributed by atoms with van der Waals surface area (Å²) in [4.78, 5) is 6.56. The molecule has 2 rings (SSSR count). The second-order valence-electron chi connectivity index (χ2n) is 5.19. The molecular weight excluding hydrogens is 248 g/mol. The number of hydrogen-bond acceptors (Lipinski definition) is 3. The molecule has 0 bridgehead atoms. The first-order valence-corrected chi connectivity index (χ1v) is 7.21. The van der Waals surface area contributed by atoms with Gasteiger partial charge in [-0.25, -0.2) is 4.98 Å². The van der Waals surface area contributed by atoms with E-state index < -0.39 is 0 Å². The van der Waals surface area contributed by atoms with E-state index >= 15 is 0 Å². The zero-order valence-corrected chi connectivity index (χ0v) is 12.2. The van der Waals surface area contributed by atoms with Gasteiger partial charge in [-0.2, -0.15) is 0 Å². The molecular formula is C16H24N4. The Balaban J connectivity index is 1.73. The first-order chi connectivity index (χ1) is 9.79. The molecule has 108 valence electrons. The van der Waals surface area contributed by atoms with Crippen LogP contribution in [0.4, 0.5) is 0 Å². The number of nitrogens with zero attached hydrogens (tertiary/aromatic N) is 3. The van der Waals surface area contributed by atoms with Crippen LogP contribution in [0.15, 0.2) is 42.9 Å². The van der Waals surface area contributed by atoms with Gasteiger partial charge in [0, 0.05) is 31.4 Å². The van der Waals surface area contributed by atoms with Crippen molar-refractivity contribution >= 4 is 0 Å². The normalized spacial score (nSPS) is 11.2. The van der Waals surface area contributed by atoms with Crippen molar-refractivity contribution in [3.8, 4) is 0 Å². The summed E-state index contributed by atoms with van der Waals surface area (Å²) in [6.45, 7) is 3.77. The van der Waals surface area contributed by atoms with Gasteiger partial charge in [0.05, 0.1) is 6.33 Å². The van der Waals surface area contributed by atoms with Gasteiger partial charge in [0.2, 0.25) is 0 Å². The minimum absolute atomic E-state index is 0.680. The van der Waals surface area contributed by atoms with Crippen molar-refractivity contribution in [3.05, 3.63) is 54.1 Å². The van der Waals surface area contributed by atoms with Crippen LogP contribution in [-0.2, 0) is 19.5 Å². The third kappa shape index (κ3) is 4.47. The van der Waals surface area contributed by atoms with Crippen molar-refractivity contribution in [3.63, 3.8) is 0 Å². The lowest BCUT2D eigenvalue weighted by atomic mass is 10.2. The van der Waals surface area contributed by atoms with Crippen LogP contribution >= 0.6 is 0 Å². The predicted molar refractivity (Wildman–Crippen MR) is 82.4 cm³/mol. The lowest BCUT2D eigenvalue weighted by molar-refractivity contribution is 0.313. The van der Waals surface area contributed by atoms with Gasteiger partial charge in [0.25, 0.3) is 0 Å². The lowest BCUT2D eigenvalue weighted by Gasteiger charge is -2.17. The fraction of sp³-hybridized carbons (Fsp3) is 0.438. The maximum Gasteiger partial charge on any atom is 0.0948 e. The number of aromatic nitrogens is 2. The van der Waals surface area contributed by atoms with Gasteiger partial charge >= 0.3 is 0 Å². The number of imidazole rings is 1. The Labute approximate surface area is 121 Å². The van der Waals surface area contributed by atoms with E-state index in [-0.39, 0.29) is 0 Å². The van der Waals surface area contributed by atoms with Crippen molar-refractivity contribution < 1.29 is 0 Å². The number of benzene rings is 1. The summed E-state index contributed by atoms with van der Waals surface area (Å²) in [6, 6.07) is 10.6. The molecule has 2 N–H and O–H groups in total. The molecule has 0 unspecified atom stereocenters. The third-order valence-electron chi connectivity index (χ3n) is 3.43. The molecule has 0 fully saturated rings. The van der Waals surface area contributed by atoms with E-state index in [4.69, 9.17) is 5.73 Å². The van der Waals surface area contributed by atoms with E-state index in [1.807, 2.05) is 12.5 Å². The molecule has 0 atom stereocenters. The molecule has 0 aliphatic heterocycles. The molecule has 0 radical (unpaired) electrons. The van der Waals surface area contributed by atoms with Crippen molar-refractivity contribution in [2.24, 2.45) is 5.73 Å². The Bertz CT molecular complexity index is 492. The van der Waals surface area contributed by atoms with Crippen LogP contribution in [0, 0.1) is 0 Å². The average molecular weight is 272 g/mol. The van der Waals surface area contributed by atoms with Gasteiger partial charge < -0.3 is 15.2 Å². The van der Waals surface area contributed by atoms with Gasteiger partial charge in [-0.05, 0) is 32.1 Å². The maximum atomic E-state index is 5.60. The van der Waals surface area contributed by atoms with Crippen LogP contribution in [0.2, 0.25) is 0 Å². The van der Waals surface area contributed by atoms with Crippen LogP contribution in [0.1, 0.15) is 17.7 Å². The van der Waals surface area contributed by atoms with E-state index in [2.05, 4.69) is 51.8 Å². The molecule has 0 aliphatic rings. The summed E-state index contributed by atoms with van der Waals surface area (Å²) < 4.78 is 2.21. The van der Waals surface area contributed by atoms with Crippen LogP contribution in [-0.4, -0.2) is 34.6 Å². The lowest BCUT2D eigenvalue weighted by Crippen LogP contribution is -2.20. The van der Waals surface area contributed by atoms with Gasteiger partial charge in [-0.1, -0.05) is 30.3 Å². The molecule has 20 heavy (non-hydrogen) atoms. The maximum absolute atomic E-state index is 5.60. The summed E-state index contributed by atoms with van der Waals surface area (Å²) in [5, 5.41) is 0. The highest BCUT2D eigenvalue weighted by molar-refractivity contribution is 5.14. The SMILES string of the molecule is CN(CCCn1cncc1CCN)Cc1ccccc1. The zero-order valence-electron chi connectivity index (χ0n) is 12.2. The molecule has 1 aromatic heterocycles. The molecule has 0 spiro atoms. The van der Waals surface area contributed by atoms with Crippen LogP contribution < -0.4 is 5.73 Å². The monoisotopic (exact) mass is 272 g/mol. The van der Waals surface area contributed by atoms with Gasteiger partial charge in [-0.15, -0.1) is 0 Å². The molecule has 4 nitrogen and oxygen atoms in total. The Morgan fingerprint density at radius 1 is 1.25 bits per heavy atom. The van der Waals surface area contributed by atoms with E-state index in [1.54, 1.807) is 0 Å². The van der Waals surface area contributed by atoms with Crippen molar-refractivity contribution in [2.75, 3.05) is 20.1 Å².